The molecule has 1 amide bonds. The molecule has 168 valence electrons. The fourth-order valence-electron chi connectivity index (χ4n) is 3.69. The summed E-state index contributed by atoms with van der Waals surface area (Å²) in [5, 5.41) is 22.3. The molecule has 0 bridgehead atoms. The number of carbonyl (C=O) groups is 1. The van der Waals surface area contributed by atoms with Crippen molar-refractivity contribution in [3.63, 3.8) is 0 Å². The van der Waals surface area contributed by atoms with Gasteiger partial charge in [-0.05, 0) is 25.1 Å². The maximum atomic E-state index is 12.3. The normalized spacial score (nSPS) is 18.2. The van der Waals surface area contributed by atoms with Gasteiger partial charge in [0.05, 0.1) is 17.1 Å². The van der Waals surface area contributed by atoms with E-state index in [4.69, 9.17) is 4.52 Å². The average Bonchev–Trinajstić information content (AvgIpc) is 3.50. The number of hydrogen-bond acceptors (Lipinski definition) is 9. The van der Waals surface area contributed by atoms with Crippen molar-refractivity contribution >= 4 is 17.7 Å². The molecule has 0 aliphatic carbocycles. The molecule has 11 nitrogen and oxygen atoms in total. The molecule has 1 fully saturated rings. The van der Waals surface area contributed by atoms with Gasteiger partial charge in [-0.2, -0.15) is 5.10 Å². The molecule has 1 atom stereocenters. The zero-order valence-electron chi connectivity index (χ0n) is 18.3. The minimum atomic E-state index is -1.70. The molecule has 4 aromatic rings. The number of anilines is 2. The number of nitrogens with one attached hydrogen (secondary N) is 1. The Morgan fingerprint density at radius 1 is 1.09 bits per heavy atom. The molecule has 1 saturated heterocycles. The van der Waals surface area contributed by atoms with Crippen molar-refractivity contribution in [2.45, 2.75) is 18.9 Å². The van der Waals surface area contributed by atoms with E-state index in [0.717, 1.165) is 5.69 Å². The highest BCUT2D eigenvalue weighted by molar-refractivity contribution is 5.87. The van der Waals surface area contributed by atoms with Crippen LogP contribution in [-0.2, 0) is 17.4 Å². The Morgan fingerprint density at radius 2 is 1.85 bits per heavy atom. The number of likely N-dealkylation sites (tertiary alicyclic amines) is 1. The molecule has 5 rings (SSSR count). The summed E-state index contributed by atoms with van der Waals surface area (Å²) in [5.41, 5.74) is 1.46. The predicted molar refractivity (Wildman–Crippen MR) is 118 cm³/mol. The standard InChI is InChI=1S/C22H22N8O3/c1-13-11-19(27-30(13)3)26-21-23-9-7-16(25-21)14-5-4-6-15(24-14)17-12-18(33-28-17)22(32)8-10-29(2)20(22)31/h4-7,9,11-12,32H,8,10H2,1-3H3,(H,23,25,26,27). The monoisotopic (exact) mass is 446 g/mol. The predicted octanol–water partition coefficient (Wildman–Crippen LogP) is 2.03. The Hall–Kier alpha value is -4.12. The first-order valence-electron chi connectivity index (χ1n) is 10.4. The van der Waals surface area contributed by atoms with Crippen molar-refractivity contribution in [2.75, 3.05) is 18.9 Å². The van der Waals surface area contributed by atoms with Crippen molar-refractivity contribution in [3.05, 3.63) is 54.0 Å². The van der Waals surface area contributed by atoms with Gasteiger partial charge >= 0.3 is 0 Å². The van der Waals surface area contributed by atoms with E-state index in [-0.39, 0.29) is 12.2 Å². The molecule has 0 saturated carbocycles. The van der Waals surface area contributed by atoms with Crippen molar-refractivity contribution in [1.82, 2.24) is 34.8 Å². The SMILES string of the molecule is Cc1cc(Nc2nccc(-c3cccc(-c4cc(C5(O)CCN(C)C5=O)on4)n3)n2)nn1C. The fourth-order valence-corrected chi connectivity index (χ4v) is 3.69. The zero-order chi connectivity index (χ0) is 23.2. The number of hydrogen-bond donors (Lipinski definition) is 2. The van der Waals surface area contributed by atoms with E-state index in [2.05, 4.69) is 30.5 Å². The van der Waals surface area contributed by atoms with E-state index in [0.29, 0.717) is 41.1 Å². The van der Waals surface area contributed by atoms with Crippen LogP contribution in [0.2, 0.25) is 0 Å². The smallest absolute Gasteiger partial charge is 0.262 e. The maximum Gasteiger partial charge on any atom is 0.262 e. The zero-order valence-corrected chi connectivity index (χ0v) is 18.3. The summed E-state index contributed by atoms with van der Waals surface area (Å²) >= 11 is 0. The number of carbonyl (C=O) groups excluding carboxylic acids is 1. The molecule has 0 aromatic carbocycles. The van der Waals surface area contributed by atoms with Crippen LogP contribution in [0.1, 0.15) is 17.9 Å². The molecule has 0 radical (unpaired) electrons. The molecule has 1 aliphatic rings. The minimum absolute atomic E-state index is 0.109. The number of nitrogens with zero attached hydrogens (tertiary/aromatic N) is 7. The molecule has 5 heterocycles. The Labute approximate surface area is 189 Å². The molecule has 2 N–H and O–H groups in total. The summed E-state index contributed by atoms with van der Waals surface area (Å²) in [6, 6.07) is 10.6. The van der Waals surface area contributed by atoms with E-state index in [1.165, 1.54) is 4.90 Å². The number of pyridine rings is 1. The van der Waals surface area contributed by atoms with Crippen LogP contribution in [-0.4, -0.2) is 59.4 Å². The van der Waals surface area contributed by atoms with Crippen molar-refractivity contribution in [1.29, 1.82) is 0 Å². The highest BCUT2D eigenvalue weighted by Gasteiger charge is 2.48. The van der Waals surface area contributed by atoms with Crippen molar-refractivity contribution in [3.8, 4) is 22.8 Å². The second kappa shape index (κ2) is 7.78. The van der Waals surface area contributed by atoms with Crippen LogP contribution in [0.4, 0.5) is 11.8 Å². The summed E-state index contributed by atoms with van der Waals surface area (Å²) in [6.07, 6.45) is 1.89. The fraction of sp³-hybridized carbons (Fsp3) is 0.273. The van der Waals surface area contributed by atoms with Crippen LogP contribution < -0.4 is 5.32 Å². The van der Waals surface area contributed by atoms with Gasteiger partial charge in [0.25, 0.3) is 5.91 Å². The molecule has 1 unspecified atom stereocenters. The molecule has 4 aromatic heterocycles. The molecule has 0 spiro atoms. The quantitative estimate of drug-likeness (QED) is 0.472. The third-order valence-corrected chi connectivity index (χ3v) is 5.71. The van der Waals surface area contributed by atoms with Crippen LogP contribution in [0.25, 0.3) is 22.8 Å². The number of aryl methyl sites for hydroxylation is 2. The van der Waals surface area contributed by atoms with Crippen LogP contribution >= 0.6 is 0 Å². The van der Waals surface area contributed by atoms with Gasteiger partial charge in [0.1, 0.15) is 5.69 Å². The number of likely N-dealkylation sites (N-methyl/N-ethyl adjacent to an activating group) is 1. The lowest BCUT2D eigenvalue weighted by atomic mass is 9.98. The number of aromatic nitrogens is 6. The van der Waals surface area contributed by atoms with Crippen molar-refractivity contribution < 1.29 is 14.4 Å². The molecular weight excluding hydrogens is 424 g/mol. The highest BCUT2D eigenvalue weighted by atomic mass is 16.5. The van der Waals surface area contributed by atoms with Crippen LogP contribution in [0.15, 0.2) is 47.1 Å². The maximum absolute atomic E-state index is 12.3. The average molecular weight is 446 g/mol. The first-order valence-corrected chi connectivity index (χ1v) is 10.4. The lowest BCUT2D eigenvalue weighted by Gasteiger charge is -2.16. The minimum Gasteiger partial charge on any atom is -0.373 e. The van der Waals surface area contributed by atoms with Crippen molar-refractivity contribution in [2.24, 2.45) is 7.05 Å². The van der Waals surface area contributed by atoms with E-state index in [1.807, 2.05) is 32.2 Å². The highest BCUT2D eigenvalue weighted by Crippen LogP contribution is 2.34. The van der Waals surface area contributed by atoms with Gasteiger partial charge in [0.2, 0.25) is 11.5 Å². The lowest BCUT2D eigenvalue weighted by Crippen LogP contribution is -2.35. The Morgan fingerprint density at radius 3 is 2.55 bits per heavy atom. The van der Waals surface area contributed by atoms with E-state index in [9.17, 15) is 9.90 Å². The van der Waals surface area contributed by atoms with E-state index < -0.39 is 11.5 Å². The first kappa shape index (κ1) is 20.8. The Bertz CT molecular complexity index is 1330. The summed E-state index contributed by atoms with van der Waals surface area (Å²) < 4.78 is 7.10. The molecule has 33 heavy (non-hydrogen) atoms. The van der Waals surface area contributed by atoms with Crippen LogP contribution in [0.5, 0.6) is 0 Å². The number of aliphatic hydroxyl groups is 1. The van der Waals surface area contributed by atoms with Gasteiger partial charge in [-0.3, -0.25) is 9.48 Å². The van der Waals surface area contributed by atoms with Gasteiger partial charge in [-0.25, -0.2) is 15.0 Å². The van der Waals surface area contributed by atoms with Crippen LogP contribution in [0, 0.1) is 6.92 Å². The summed E-state index contributed by atoms with van der Waals surface area (Å²) in [5.74, 6) is 0.746. The number of amides is 1. The summed E-state index contributed by atoms with van der Waals surface area (Å²) in [6.45, 7) is 2.40. The molecule has 11 heteroatoms. The lowest BCUT2D eigenvalue weighted by molar-refractivity contribution is -0.144. The first-order chi connectivity index (χ1) is 15.8. The third kappa shape index (κ3) is 3.72. The third-order valence-electron chi connectivity index (χ3n) is 5.71. The largest absolute Gasteiger partial charge is 0.373 e. The van der Waals surface area contributed by atoms with Gasteiger partial charge in [-0.15, -0.1) is 0 Å². The summed E-state index contributed by atoms with van der Waals surface area (Å²) in [4.78, 5) is 27.2. The Balaban J connectivity index is 1.41. The summed E-state index contributed by atoms with van der Waals surface area (Å²) in [7, 11) is 3.50. The van der Waals surface area contributed by atoms with Gasteiger partial charge in [0.15, 0.2) is 11.6 Å². The molecular formula is C22H22N8O3. The van der Waals surface area contributed by atoms with Crippen LogP contribution in [0.3, 0.4) is 0 Å². The van der Waals surface area contributed by atoms with E-state index >= 15 is 0 Å². The van der Waals surface area contributed by atoms with E-state index in [1.54, 1.807) is 36.1 Å². The number of rotatable bonds is 5. The van der Waals surface area contributed by atoms with Gasteiger partial charge in [0, 0.05) is 51.1 Å². The second-order valence-electron chi connectivity index (χ2n) is 8.01. The van der Waals surface area contributed by atoms with Gasteiger partial charge < -0.3 is 19.8 Å². The topological polar surface area (TPSA) is 135 Å². The Kier molecular flexibility index (Phi) is 4.90. The van der Waals surface area contributed by atoms with Gasteiger partial charge in [-0.1, -0.05) is 11.2 Å². The molecule has 1 aliphatic heterocycles. The second-order valence-corrected chi connectivity index (χ2v) is 8.01.